The monoisotopic (exact) mass is 328 g/mol. The lowest BCUT2D eigenvalue weighted by Gasteiger charge is -2.20. The summed E-state index contributed by atoms with van der Waals surface area (Å²) in [5.41, 5.74) is 0. The van der Waals surface area contributed by atoms with Crippen LogP contribution in [0.3, 0.4) is 0 Å². The number of cyclic esters (lactones) is 1. The zero-order valence-corrected chi connectivity index (χ0v) is 14.2. The van der Waals surface area contributed by atoms with Crippen molar-refractivity contribution in [1.82, 2.24) is 0 Å². The first kappa shape index (κ1) is 20.1. The van der Waals surface area contributed by atoms with Gasteiger partial charge in [0.15, 0.2) is 0 Å². The van der Waals surface area contributed by atoms with E-state index in [1.54, 1.807) is 0 Å². The van der Waals surface area contributed by atoms with E-state index >= 15 is 0 Å². The smallest absolute Gasteiger partial charge is 0.330 e. The van der Waals surface area contributed by atoms with E-state index in [0.29, 0.717) is 6.42 Å². The molecule has 0 aromatic rings. The van der Waals surface area contributed by atoms with Gasteiger partial charge in [0, 0.05) is 12.5 Å². The summed E-state index contributed by atoms with van der Waals surface area (Å²) in [4.78, 5) is 11.9. The number of unbranched alkanes of at least 4 members (excludes halogenated alkanes) is 2. The third-order valence-electron chi connectivity index (χ3n) is 4.31. The second kappa shape index (κ2) is 11.6. The van der Waals surface area contributed by atoms with Crippen molar-refractivity contribution in [2.75, 3.05) is 0 Å². The van der Waals surface area contributed by atoms with Gasteiger partial charge in [0.1, 0.15) is 6.10 Å². The average molecular weight is 328 g/mol. The van der Waals surface area contributed by atoms with Gasteiger partial charge in [0.05, 0.1) is 18.3 Å². The Morgan fingerprint density at radius 3 is 2.61 bits per heavy atom. The van der Waals surface area contributed by atoms with E-state index in [-0.39, 0.29) is 12.5 Å². The van der Waals surface area contributed by atoms with E-state index in [4.69, 9.17) is 4.74 Å². The predicted molar refractivity (Wildman–Crippen MR) is 88.9 cm³/mol. The van der Waals surface area contributed by atoms with Crippen molar-refractivity contribution >= 4 is 5.97 Å². The third-order valence-corrected chi connectivity index (χ3v) is 4.31. The molecule has 5 heteroatoms. The van der Waals surface area contributed by atoms with Crippen LogP contribution in [0, 0.1) is 0 Å². The molecule has 3 N–H and O–H groups in total. The maximum Gasteiger partial charge on any atom is 0.330 e. The summed E-state index contributed by atoms with van der Waals surface area (Å²) in [6.45, 7) is 2.14. The highest BCUT2D eigenvalue weighted by Crippen LogP contribution is 2.18. The molecular weight excluding hydrogens is 296 g/mol. The molecule has 134 valence electrons. The van der Waals surface area contributed by atoms with Gasteiger partial charge >= 0.3 is 5.97 Å². The van der Waals surface area contributed by atoms with E-state index in [0.717, 1.165) is 51.4 Å². The lowest BCUT2D eigenvalue weighted by atomic mass is 9.99. The highest BCUT2D eigenvalue weighted by Gasteiger charge is 2.19. The summed E-state index contributed by atoms with van der Waals surface area (Å²) in [5, 5.41) is 29.5. The molecule has 0 fully saturated rings. The van der Waals surface area contributed by atoms with E-state index in [9.17, 15) is 20.1 Å². The number of carbonyl (C=O) groups is 1. The molecule has 23 heavy (non-hydrogen) atoms. The summed E-state index contributed by atoms with van der Waals surface area (Å²) in [7, 11) is 0. The van der Waals surface area contributed by atoms with Crippen molar-refractivity contribution < 1.29 is 24.9 Å². The van der Waals surface area contributed by atoms with Crippen molar-refractivity contribution in [2.24, 2.45) is 0 Å². The zero-order chi connectivity index (χ0) is 17.1. The van der Waals surface area contributed by atoms with E-state index < -0.39 is 24.3 Å². The molecule has 0 aromatic heterocycles. The van der Waals surface area contributed by atoms with Crippen LogP contribution in [0.25, 0.3) is 0 Å². The normalized spacial score (nSPS) is 32.8. The molecule has 0 aromatic carbocycles. The lowest BCUT2D eigenvalue weighted by Crippen LogP contribution is -2.29. The van der Waals surface area contributed by atoms with Crippen molar-refractivity contribution in [3.05, 3.63) is 12.2 Å². The van der Waals surface area contributed by atoms with Gasteiger partial charge in [0.2, 0.25) is 0 Å². The standard InChI is InChI=1S/C18H32O5/c1-2-3-5-9-15-10-7-4-6-8-14(19)13-17(21)16(20)11-12-18(22)23-15/h11-12,14-17,19-21H,2-10,13H2,1H3/b12-11+/t14-,15+,16+,17+/m1/s1. The summed E-state index contributed by atoms with van der Waals surface area (Å²) in [5.74, 6) is -0.477. The Bertz CT molecular complexity index is 355. The van der Waals surface area contributed by atoms with Gasteiger partial charge in [-0.15, -0.1) is 0 Å². The van der Waals surface area contributed by atoms with Crippen LogP contribution in [-0.2, 0) is 9.53 Å². The Kier molecular flexibility index (Phi) is 10.2. The van der Waals surface area contributed by atoms with E-state index in [2.05, 4.69) is 6.92 Å². The topological polar surface area (TPSA) is 87.0 Å². The number of ether oxygens (including phenoxy) is 1. The van der Waals surface area contributed by atoms with Crippen LogP contribution in [0.4, 0.5) is 0 Å². The van der Waals surface area contributed by atoms with Crippen molar-refractivity contribution in [2.45, 2.75) is 95.5 Å². The number of aliphatic hydroxyl groups is 3. The summed E-state index contributed by atoms with van der Waals surface area (Å²) in [6.07, 6.45) is 8.00. The van der Waals surface area contributed by atoms with Gasteiger partial charge in [-0.2, -0.15) is 0 Å². The Morgan fingerprint density at radius 1 is 1.13 bits per heavy atom. The first-order valence-corrected chi connectivity index (χ1v) is 8.96. The molecule has 1 heterocycles. The third kappa shape index (κ3) is 9.08. The Hall–Kier alpha value is -0.910. The van der Waals surface area contributed by atoms with Crippen LogP contribution < -0.4 is 0 Å². The second-order valence-corrected chi connectivity index (χ2v) is 6.50. The number of rotatable bonds is 4. The van der Waals surface area contributed by atoms with Gasteiger partial charge in [-0.25, -0.2) is 4.79 Å². The highest BCUT2D eigenvalue weighted by atomic mass is 16.5. The van der Waals surface area contributed by atoms with Crippen LogP contribution in [-0.4, -0.2) is 45.7 Å². The molecule has 0 saturated heterocycles. The minimum atomic E-state index is -1.17. The summed E-state index contributed by atoms with van der Waals surface area (Å²) >= 11 is 0. The van der Waals surface area contributed by atoms with Crippen LogP contribution in [0.15, 0.2) is 12.2 Å². The molecular formula is C18H32O5. The van der Waals surface area contributed by atoms with E-state index in [1.165, 1.54) is 12.2 Å². The summed E-state index contributed by atoms with van der Waals surface area (Å²) in [6, 6.07) is 0. The molecule has 0 amide bonds. The molecule has 0 bridgehead atoms. The fraction of sp³-hybridized carbons (Fsp3) is 0.833. The molecule has 4 atom stereocenters. The highest BCUT2D eigenvalue weighted by molar-refractivity contribution is 5.82. The summed E-state index contributed by atoms with van der Waals surface area (Å²) < 4.78 is 5.48. The largest absolute Gasteiger partial charge is 0.459 e. The number of carbonyl (C=O) groups excluding carboxylic acids is 1. The van der Waals surface area contributed by atoms with Gasteiger partial charge in [0.25, 0.3) is 0 Å². The Morgan fingerprint density at radius 2 is 1.87 bits per heavy atom. The van der Waals surface area contributed by atoms with Gasteiger partial charge in [-0.1, -0.05) is 32.6 Å². The van der Waals surface area contributed by atoms with Gasteiger partial charge < -0.3 is 20.1 Å². The van der Waals surface area contributed by atoms with Gasteiger partial charge in [-0.05, 0) is 38.2 Å². The average Bonchev–Trinajstić information content (AvgIpc) is 2.51. The van der Waals surface area contributed by atoms with Crippen molar-refractivity contribution in [1.29, 1.82) is 0 Å². The van der Waals surface area contributed by atoms with Crippen LogP contribution in [0.2, 0.25) is 0 Å². The quantitative estimate of drug-likeness (QED) is 0.545. The Balaban J connectivity index is 2.63. The maximum absolute atomic E-state index is 11.9. The van der Waals surface area contributed by atoms with Crippen molar-refractivity contribution in [3.63, 3.8) is 0 Å². The number of aliphatic hydroxyl groups excluding tert-OH is 3. The van der Waals surface area contributed by atoms with Crippen LogP contribution in [0.5, 0.6) is 0 Å². The SMILES string of the molecule is CCCCC[C@H]1CCCCC[C@@H](O)C[C@H](O)[C@@H](O)/C=C/C(=O)O1. The minimum absolute atomic E-state index is 0.0892. The molecule has 0 saturated carbocycles. The molecule has 5 nitrogen and oxygen atoms in total. The molecule has 0 unspecified atom stereocenters. The first-order valence-electron chi connectivity index (χ1n) is 8.96. The predicted octanol–water partition coefficient (Wildman–Crippen LogP) is 2.47. The molecule has 1 aliphatic heterocycles. The molecule has 1 rings (SSSR count). The van der Waals surface area contributed by atoms with Crippen molar-refractivity contribution in [3.8, 4) is 0 Å². The van der Waals surface area contributed by atoms with E-state index in [1.807, 2.05) is 0 Å². The maximum atomic E-state index is 11.9. The fourth-order valence-electron chi connectivity index (χ4n) is 2.86. The molecule has 1 aliphatic rings. The Labute approximate surface area is 139 Å². The zero-order valence-electron chi connectivity index (χ0n) is 14.2. The fourth-order valence-corrected chi connectivity index (χ4v) is 2.86. The van der Waals surface area contributed by atoms with Crippen LogP contribution in [0.1, 0.15) is 71.1 Å². The lowest BCUT2D eigenvalue weighted by molar-refractivity contribution is -0.143. The number of hydrogen-bond donors (Lipinski definition) is 3. The second-order valence-electron chi connectivity index (χ2n) is 6.50. The van der Waals surface area contributed by atoms with Crippen LogP contribution >= 0.6 is 0 Å². The van der Waals surface area contributed by atoms with Gasteiger partial charge in [-0.3, -0.25) is 0 Å². The molecule has 0 radical (unpaired) electrons. The number of esters is 1. The minimum Gasteiger partial charge on any atom is -0.459 e. The first-order chi connectivity index (χ1) is 11.0. The number of hydrogen-bond acceptors (Lipinski definition) is 5. The molecule has 0 spiro atoms. The molecule has 0 aliphatic carbocycles.